The van der Waals surface area contributed by atoms with Crippen molar-refractivity contribution in [2.75, 3.05) is 20.8 Å². The molecule has 34 heavy (non-hydrogen) atoms. The van der Waals surface area contributed by atoms with Crippen LogP contribution < -0.4 is 9.47 Å². The number of nitrogens with zero attached hydrogens (tertiary/aromatic N) is 1. The lowest BCUT2D eigenvalue weighted by Gasteiger charge is -2.26. The van der Waals surface area contributed by atoms with E-state index in [0.717, 1.165) is 5.56 Å². The molecule has 3 aromatic rings. The van der Waals surface area contributed by atoms with Crippen LogP contribution in [0.5, 0.6) is 11.5 Å². The fourth-order valence-corrected chi connectivity index (χ4v) is 4.26. The quantitative estimate of drug-likeness (QED) is 0.294. The van der Waals surface area contributed by atoms with Gasteiger partial charge in [0.2, 0.25) is 0 Å². The van der Waals surface area contributed by atoms with Crippen LogP contribution in [0.25, 0.3) is 5.76 Å². The predicted octanol–water partition coefficient (Wildman–Crippen LogP) is 5.02. The molecule has 0 saturated carbocycles. The van der Waals surface area contributed by atoms with Crippen LogP contribution in [0.2, 0.25) is 5.02 Å². The van der Waals surface area contributed by atoms with Crippen molar-refractivity contribution in [3.8, 4) is 11.5 Å². The number of carbonyl (C=O) groups excluding carboxylic acids is 2. The molecule has 1 amide bonds. The molecule has 1 heterocycles. The zero-order valence-electron chi connectivity index (χ0n) is 18.8. The van der Waals surface area contributed by atoms with Gasteiger partial charge in [-0.15, -0.1) is 0 Å². The topological polar surface area (TPSA) is 76.1 Å². The van der Waals surface area contributed by atoms with Crippen molar-refractivity contribution in [3.05, 3.63) is 100 Å². The molecule has 1 N–H and O–H groups in total. The lowest BCUT2D eigenvalue weighted by atomic mass is 9.95. The number of likely N-dealkylation sites (tertiary alicyclic amines) is 1. The number of methoxy groups -OCH3 is 2. The van der Waals surface area contributed by atoms with E-state index in [-0.39, 0.29) is 11.3 Å². The Balaban J connectivity index is 1.82. The number of aliphatic hydroxyl groups is 1. The number of halogens is 1. The van der Waals surface area contributed by atoms with Gasteiger partial charge < -0.3 is 19.5 Å². The van der Waals surface area contributed by atoms with Crippen molar-refractivity contribution >= 4 is 29.1 Å². The Kier molecular flexibility index (Phi) is 6.89. The van der Waals surface area contributed by atoms with Gasteiger partial charge in [-0.25, -0.2) is 0 Å². The van der Waals surface area contributed by atoms with E-state index in [9.17, 15) is 14.7 Å². The van der Waals surface area contributed by atoms with Crippen LogP contribution in [0.15, 0.2) is 78.4 Å². The van der Waals surface area contributed by atoms with Gasteiger partial charge in [-0.2, -0.15) is 0 Å². The molecule has 1 aliphatic heterocycles. The fraction of sp³-hybridized carbons (Fsp3) is 0.185. The highest BCUT2D eigenvalue weighted by Gasteiger charge is 2.46. The largest absolute Gasteiger partial charge is 0.507 e. The van der Waals surface area contributed by atoms with Crippen molar-refractivity contribution < 1.29 is 24.2 Å². The van der Waals surface area contributed by atoms with Gasteiger partial charge in [0.05, 0.1) is 25.8 Å². The van der Waals surface area contributed by atoms with E-state index in [1.807, 2.05) is 30.3 Å². The van der Waals surface area contributed by atoms with Gasteiger partial charge >= 0.3 is 0 Å². The number of carbonyl (C=O) groups is 2. The number of hydrogen-bond donors (Lipinski definition) is 1. The van der Waals surface area contributed by atoms with Crippen LogP contribution in [-0.4, -0.2) is 42.5 Å². The Labute approximate surface area is 203 Å². The maximum absolute atomic E-state index is 13.2. The molecule has 0 aromatic heterocycles. The van der Waals surface area contributed by atoms with E-state index in [1.54, 1.807) is 42.5 Å². The maximum atomic E-state index is 13.2. The first-order chi connectivity index (χ1) is 16.4. The second kappa shape index (κ2) is 10.0. The zero-order chi connectivity index (χ0) is 24.2. The Bertz CT molecular complexity index is 1240. The summed E-state index contributed by atoms with van der Waals surface area (Å²) >= 11 is 5.98. The molecule has 4 rings (SSSR count). The molecule has 1 fully saturated rings. The summed E-state index contributed by atoms with van der Waals surface area (Å²) in [5.41, 5.74) is 2.08. The highest BCUT2D eigenvalue weighted by Crippen LogP contribution is 2.42. The summed E-state index contributed by atoms with van der Waals surface area (Å²) < 4.78 is 10.8. The fourth-order valence-electron chi connectivity index (χ4n) is 4.14. The summed E-state index contributed by atoms with van der Waals surface area (Å²) in [6.45, 7) is 0.297. The molecule has 6 nitrogen and oxygen atoms in total. The number of rotatable bonds is 7. The maximum Gasteiger partial charge on any atom is 0.295 e. The lowest BCUT2D eigenvalue weighted by Crippen LogP contribution is -2.31. The van der Waals surface area contributed by atoms with Crippen LogP contribution in [0, 0.1) is 0 Å². The standard InChI is InChI=1S/C27H24ClNO5/c1-33-21-13-10-19(16-22(21)34-2)24-23(25(30)18-8-11-20(28)12-9-18)26(31)27(32)29(24)15-14-17-6-4-3-5-7-17/h3-13,16,24,30H,14-15H2,1-2H3/b25-23+. The highest BCUT2D eigenvalue weighted by molar-refractivity contribution is 6.46. The third kappa shape index (κ3) is 4.50. The Morgan fingerprint density at radius 1 is 0.941 bits per heavy atom. The van der Waals surface area contributed by atoms with Gasteiger partial charge in [0.15, 0.2) is 11.5 Å². The normalized spacial score (nSPS) is 17.1. The van der Waals surface area contributed by atoms with Crippen LogP contribution in [-0.2, 0) is 16.0 Å². The molecule has 0 bridgehead atoms. The predicted molar refractivity (Wildman–Crippen MR) is 130 cm³/mol. The molecule has 7 heteroatoms. The third-order valence-electron chi connectivity index (χ3n) is 5.87. The monoisotopic (exact) mass is 477 g/mol. The van der Waals surface area contributed by atoms with E-state index in [4.69, 9.17) is 21.1 Å². The first-order valence-electron chi connectivity index (χ1n) is 10.7. The summed E-state index contributed by atoms with van der Waals surface area (Å²) in [6.07, 6.45) is 0.554. The average molecular weight is 478 g/mol. The number of ketones is 1. The van der Waals surface area contributed by atoms with Gasteiger partial charge in [-0.1, -0.05) is 48.0 Å². The van der Waals surface area contributed by atoms with E-state index in [1.165, 1.54) is 19.1 Å². The molecule has 174 valence electrons. The number of amides is 1. The summed E-state index contributed by atoms with van der Waals surface area (Å²) in [5.74, 6) is -0.672. The van der Waals surface area contributed by atoms with Crippen LogP contribution in [0.3, 0.4) is 0 Å². The first-order valence-corrected chi connectivity index (χ1v) is 11.1. The number of Topliss-reactive ketones (excluding diaryl/α,β-unsaturated/α-hetero) is 1. The first kappa shape index (κ1) is 23.4. The third-order valence-corrected chi connectivity index (χ3v) is 6.12. The summed E-state index contributed by atoms with van der Waals surface area (Å²) in [6, 6.07) is 20.6. The van der Waals surface area contributed by atoms with E-state index < -0.39 is 17.7 Å². The zero-order valence-corrected chi connectivity index (χ0v) is 19.6. The van der Waals surface area contributed by atoms with Gasteiger partial charge in [-0.05, 0) is 53.9 Å². The molecule has 1 atom stereocenters. The summed E-state index contributed by atoms with van der Waals surface area (Å²) in [5, 5.41) is 11.6. The molecular weight excluding hydrogens is 454 g/mol. The van der Waals surface area contributed by atoms with Gasteiger partial charge in [-0.3, -0.25) is 9.59 Å². The van der Waals surface area contributed by atoms with Crippen molar-refractivity contribution in [2.24, 2.45) is 0 Å². The molecule has 1 saturated heterocycles. The number of benzene rings is 3. The molecule has 1 unspecified atom stereocenters. The minimum Gasteiger partial charge on any atom is -0.507 e. The van der Waals surface area contributed by atoms with Gasteiger partial charge in [0.1, 0.15) is 5.76 Å². The minimum atomic E-state index is -0.792. The summed E-state index contributed by atoms with van der Waals surface area (Å²) in [7, 11) is 3.05. The van der Waals surface area contributed by atoms with Crippen LogP contribution in [0.4, 0.5) is 0 Å². The summed E-state index contributed by atoms with van der Waals surface area (Å²) in [4.78, 5) is 27.8. The van der Waals surface area contributed by atoms with Crippen LogP contribution in [0.1, 0.15) is 22.7 Å². The Hall–Kier alpha value is -3.77. The SMILES string of the molecule is COc1ccc(C2/C(=C(\O)c3ccc(Cl)cc3)C(=O)C(=O)N2CCc2ccccc2)cc1OC. The van der Waals surface area contributed by atoms with E-state index >= 15 is 0 Å². The van der Waals surface area contributed by atoms with Gasteiger partial charge in [0, 0.05) is 17.1 Å². The Morgan fingerprint density at radius 2 is 1.62 bits per heavy atom. The second-order valence-corrected chi connectivity index (χ2v) is 8.29. The molecular formula is C27H24ClNO5. The lowest BCUT2D eigenvalue weighted by molar-refractivity contribution is -0.139. The molecule has 0 aliphatic carbocycles. The van der Waals surface area contributed by atoms with Crippen molar-refractivity contribution in [2.45, 2.75) is 12.5 Å². The number of hydrogen-bond acceptors (Lipinski definition) is 5. The average Bonchev–Trinajstić information content (AvgIpc) is 3.12. The highest BCUT2D eigenvalue weighted by atomic mass is 35.5. The van der Waals surface area contributed by atoms with Gasteiger partial charge in [0.25, 0.3) is 11.7 Å². The molecule has 3 aromatic carbocycles. The molecule has 0 radical (unpaired) electrons. The minimum absolute atomic E-state index is 0.0209. The van der Waals surface area contributed by atoms with E-state index in [0.29, 0.717) is 40.6 Å². The number of ether oxygens (including phenoxy) is 2. The van der Waals surface area contributed by atoms with Crippen molar-refractivity contribution in [1.29, 1.82) is 0 Å². The smallest absolute Gasteiger partial charge is 0.295 e. The van der Waals surface area contributed by atoms with Crippen molar-refractivity contribution in [1.82, 2.24) is 4.90 Å². The van der Waals surface area contributed by atoms with Crippen LogP contribution >= 0.6 is 11.6 Å². The van der Waals surface area contributed by atoms with Crippen molar-refractivity contribution in [3.63, 3.8) is 0 Å². The molecule has 1 aliphatic rings. The second-order valence-electron chi connectivity index (χ2n) is 7.85. The number of aliphatic hydroxyl groups excluding tert-OH is 1. The molecule has 0 spiro atoms. The Morgan fingerprint density at radius 3 is 2.26 bits per heavy atom. The van der Waals surface area contributed by atoms with E-state index in [2.05, 4.69) is 0 Å².